The number of halogens is 1. The zero-order valence-corrected chi connectivity index (χ0v) is 20.7. The number of nitro benzene ring substituents is 2. The lowest BCUT2D eigenvalue weighted by molar-refractivity contribution is -0.387. The average Bonchev–Trinajstić information content (AvgIpc) is 3.19. The summed E-state index contributed by atoms with van der Waals surface area (Å²) in [6.45, 7) is 1.51. The molecular formula is C26H22ClN3O5S. The largest absolute Gasteiger partial charge is 0.377 e. The van der Waals surface area contributed by atoms with Crippen LogP contribution in [0.25, 0.3) is 0 Å². The van der Waals surface area contributed by atoms with Crippen LogP contribution in [0.3, 0.4) is 0 Å². The Morgan fingerprint density at radius 3 is 2.33 bits per heavy atom. The Hall–Kier alpha value is -3.43. The number of benzene rings is 3. The van der Waals surface area contributed by atoms with E-state index in [9.17, 15) is 25.0 Å². The van der Waals surface area contributed by atoms with Crippen LogP contribution in [0.15, 0.2) is 71.6 Å². The Balaban J connectivity index is 1.60. The van der Waals surface area contributed by atoms with Crippen LogP contribution in [0.5, 0.6) is 0 Å². The summed E-state index contributed by atoms with van der Waals surface area (Å²) in [6.07, 6.45) is 0.586. The lowest BCUT2D eigenvalue weighted by Gasteiger charge is -2.38. The highest BCUT2D eigenvalue weighted by Crippen LogP contribution is 2.58. The summed E-state index contributed by atoms with van der Waals surface area (Å²) in [4.78, 5) is 35.3. The minimum absolute atomic E-state index is 0.0221. The molecule has 5 atom stereocenters. The van der Waals surface area contributed by atoms with Crippen LogP contribution >= 0.6 is 23.4 Å². The van der Waals surface area contributed by atoms with Gasteiger partial charge in [0.1, 0.15) is 0 Å². The van der Waals surface area contributed by atoms with Gasteiger partial charge in [-0.15, -0.1) is 23.4 Å². The van der Waals surface area contributed by atoms with E-state index in [0.717, 1.165) is 11.3 Å². The van der Waals surface area contributed by atoms with E-state index >= 15 is 0 Å². The van der Waals surface area contributed by atoms with Crippen LogP contribution in [0.4, 0.5) is 17.1 Å². The minimum Gasteiger partial charge on any atom is -0.377 e. The summed E-state index contributed by atoms with van der Waals surface area (Å²) in [7, 11) is 0. The number of Topliss-reactive ketones (excluding diaryl/α,β-unsaturated/α-hetero) is 1. The maximum Gasteiger partial charge on any atom is 0.282 e. The number of alkyl halides is 1. The molecule has 10 heteroatoms. The van der Waals surface area contributed by atoms with Gasteiger partial charge >= 0.3 is 0 Å². The molecule has 36 heavy (non-hydrogen) atoms. The number of hydrogen-bond acceptors (Lipinski definition) is 7. The quantitative estimate of drug-likeness (QED) is 0.164. The van der Waals surface area contributed by atoms with Crippen molar-refractivity contribution in [3.8, 4) is 0 Å². The van der Waals surface area contributed by atoms with Crippen molar-refractivity contribution >= 4 is 46.2 Å². The van der Waals surface area contributed by atoms with Crippen molar-refractivity contribution in [3.63, 3.8) is 0 Å². The van der Waals surface area contributed by atoms with Gasteiger partial charge in [-0.3, -0.25) is 25.0 Å². The van der Waals surface area contributed by atoms with Crippen molar-refractivity contribution in [2.24, 2.45) is 5.92 Å². The third kappa shape index (κ3) is 4.22. The highest BCUT2D eigenvalue weighted by Gasteiger charge is 2.51. The van der Waals surface area contributed by atoms with Crippen LogP contribution < -0.4 is 5.32 Å². The van der Waals surface area contributed by atoms with E-state index in [1.54, 1.807) is 42.5 Å². The molecule has 0 saturated heterocycles. The van der Waals surface area contributed by atoms with E-state index in [2.05, 4.69) is 5.32 Å². The molecule has 8 nitrogen and oxygen atoms in total. The first kappa shape index (κ1) is 24.3. The maximum absolute atomic E-state index is 12.1. The van der Waals surface area contributed by atoms with Crippen molar-refractivity contribution in [1.29, 1.82) is 0 Å². The highest BCUT2D eigenvalue weighted by molar-refractivity contribution is 8.00. The first-order valence-corrected chi connectivity index (χ1v) is 12.8. The van der Waals surface area contributed by atoms with Gasteiger partial charge in [-0.05, 0) is 49.1 Å². The molecule has 1 aliphatic heterocycles. The normalized spacial score (nSPS) is 24.3. The second-order valence-corrected chi connectivity index (χ2v) is 10.8. The molecule has 0 unspecified atom stereocenters. The fraction of sp³-hybridized carbons (Fsp3) is 0.269. The zero-order chi connectivity index (χ0) is 25.6. The van der Waals surface area contributed by atoms with Gasteiger partial charge in [-0.1, -0.05) is 30.3 Å². The molecule has 3 aromatic carbocycles. The third-order valence-corrected chi connectivity index (χ3v) is 9.14. The number of rotatable bonds is 6. The Morgan fingerprint density at radius 2 is 1.64 bits per heavy atom. The third-order valence-electron chi connectivity index (χ3n) is 7.03. The lowest BCUT2D eigenvalue weighted by atomic mass is 9.76. The molecule has 0 radical (unpaired) electrons. The number of nitro groups is 2. The van der Waals surface area contributed by atoms with Crippen LogP contribution in [0.1, 0.15) is 46.8 Å². The van der Waals surface area contributed by atoms with Crippen LogP contribution in [-0.2, 0) is 0 Å². The van der Waals surface area contributed by atoms with Gasteiger partial charge in [0.25, 0.3) is 11.4 Å². The topological polar surface area (TPSA) is 115 Å². The molecule has 1 fully saturated rings. The molecular weight excluding hydrogens is 502 g/mol. The Kier molecular flexibility index (Phi) is 6.44. The standard InChI is InChI=1S/C26H22ClN3O5S/c1-14(31)15-10-11-19-17(12-15)24-18(26(28-19)16-6-2-3-7-20(16)29(32)33)13-23(25(24)27)36-22-9-5-4-8-21(22)30(34)35/h2-12,18,23-26,28H,13H2,1H3/t18-,23+,24-,25+,26+/m0/s1. The van der Waals surface area contributed by atoms with E-state index < -0.39 is 10.3 Å². The first-order valence-electron chi connectivity index (χ1n) is 11.4. The molecule has 184 valence electrons. The second kappa shape index (κ2) is 9.55. The first-order chi connectivity index (χ1) is 17.3. The number of para-hydroxylation sites is 2. The van der Waals surface area contributed by atoms with Crippen molar-refractivity contribution < 1.29 is 14.6 Å². The van der Waals surface area contributed by atoms with Gasteiger partial charge in [-0.2, -0.15) is 0 Å². The van der Waals surface area contributed by atoms with Crippen molar-refractivity contribution in [1.82, 2.24) is 0 Å². The highest BCUT2D eigenvalue weighted by atomic mass is 35.5. The van der Waals surface area contributed by atoms with Crippen molar-refractivity contribution in [2.75, 3.05) is 5.32 Å². The van der Waals surface area contributed by atoms with Gasteiger partial charge < -0.3 is 5.32 Å². The van der Waals surface area contributed by atoms with Gasteiger partial charge in [-0.25, -0.2) is 0 Å². The van der Waals surface area contributed by atoms with Gasteiger partial charge in [0.15, 0.2) is 5.78 Å². The van der Waals surface area contributed by atoms with Crippen LogP contribution in [0, 0.1) is 26.1 Å². The number of thioether (sulfide) groups is 1. The van der Waals surface area contributed by atoms with E-state index in [0.29, 0.717) is 22.4 Å². The van der Waals surface area contributed by atoms with E-state index in [1.165, 1.54) is 30.8 Å². The molecule has 0 aromatic heterocycles. The Bertz CT molecular complexity index is 1380. The number of hydrogen-bond donors (Lipinski definition) is 1. The van der Waals surface area contributed by atoms with Crippen molar-refractivity contribution in [3.05, 3.63) is 104 Å². The molecule has 1 N–H and O–H groups in total. The number of anilines is 1. The molecule has 1 heterocycles. The molecule has 1 saturated carbocycles. The fourth-order valence-electron chi connectivity index (χ4n) is 5.43. The molecule has 2 aliphatic rings. The summed E-state index contributed by atoms with van der Waals surface area (Å²) in [5, 5.41) is 26.3. The summed E-state index contributed by atoms with van der Waals surface area (Å²) in [5.74, 6) is -0.388. The van der Waals surface area contributed by atoms with E-state index in [1.807, 2.05) is 12.1 Å². The number of carbonyl (C=O) groups is 1. The van der Waals surface area contributed by atoms with Crippen molar-refractivity contribution in [2.45, 2.75) is 40.8 Å². The number of nitrogens with zero attached hydrogens (tertiary/aromatic N) is 2. The van der Waals surface area contributed by atoms with E-state index in [-0.39, 0.29) is 45.2 Å². The molecule has 0 bridgehead atoms. The number of nitrogens with one attached hydrogen (secondary N) is 1. The number of carbonyl (C=O) groups excluding carboxylic acids is 1. The van der Waals surface area contributed by atoms with Gasteiger partial charge in [0.05, 0.1) is 31.7 Å². The Morgan fingerprint density at radius 1 is 0.972 bits per heavy atom. The fourth-order valence-corrected chi connectivity index (χ4v) is 7.37. The zero-order valence-electron chi connectivity index (χ0n) is 19.2. The van der Waals surface area contributed by atoms with Crippen LogP contribution in [-0.4, -0.2) is 26.3 Å². The monoisotopic (exact) mass is 523 g/mol. The predicted molar refractivity (Wildman–Crippen MR) is 139 cm³/mol. The lowest BCUT2D eigenvalue weighted by Crippen LogP contribution is -2.31. The molecule has 0 amide bonds. The summed E-state index contributed by atoms with van der Waals surface area (Å²) >= 11 is 8.48. The minimum atomic E-state index is -0.409. The van der Waals surface area contributed by atoms with Crippen LogP contribution in [0.2, 0.25) is 0 Å². The van der Waals surface area contributed by atoms with Gasteiger partial charge in [0, 0.05) is 34.6 Å². The Labute approximate surface area is 216 Å². The summed E-state index contributed by atoms with van der Waals surface area (Å²) in [5.41, 5.74) is 2.86. The predicted octanol–water partition coefficient (Wildman–Crippen LogP) is 6.74. The van der Waals surface area contributed by atoms with E-state index in [4.69, 9.17) is 11.6 Å². The summed E-state index contributed by atoms with van der Waals surface area (Å²) in [6, 6.07) is 18.3. The SMILES string of the molecule is CC(=O)c1ccc2c(c1)[C@@H]1[C@H](Cl)[C@H](Sc3ccccc3[N+](=O)[O-])C[C@@H]1[C@@H](c1ccccc1[N+](=O)[O-])N2. The number of fused-ring (bicyclic) bond motifs is 3. The second-order valence-electron chi connectivity index (χ2n) is 9.05. The molecule has 0 spiro atoms. The van der Waals surface area contributed by atoms with Gasteiger partial charge in [0.2, 0.25) is 0 Å². The smallest absolute Gasteiger partial charge is 0.282 e. The number of ketones is 1. The molecule has 1 aliphatic carbocycles. The molecule has 3 aromatic rings. The molecule has 5 rings (SSSR count). The maximum atomic E-state index is 12.1. The average molecular weight is 524 g/mol. The summed E-state index contributed by atoms with van der Waals surface area (Å²) < 4.78 is 0.